The first-order valence-electron chi connectivity index (χ1n) is 6.72. The van der Waals surface area contributed by atoms with Gasteiger partial charge in [0.05, 0.1) is 17.6 Å². The van der Waals surface area contributed by atoms with E-state index in [0.29, 0.717) is 13.0 Å². The van der Waals surface area contributed by atoms with Crippen LogP contribution in [0.3, 0.4) is 0 Å². The van der Waals surface area contributed by atoms with Gasteiger partial charge in [-0.15, -0.1) is 0 Å². The van der Waals surface area contributed by atoms with Gasteiger partial charge in [0.2, 0.25) is 5.82 Å². The van der Waals surface area contributed by atoms with Gasteiger partial charge in [-0.1, -0.05) is 12.1 Å². The Morgan fingerprint density at radius 3 is 2.70 bits per heavy atom. The lowest BCUT2D eigenvalue weighted by Crippen LogP contribution is -2.10. The number of hydrogen-bond donors (Lipinski definition) is 1. The Bertz CT molecular complexity index is 719. The molecule has 120 valence electrons. The number of ether oxygens (including phenoxy) is 1. The Morgan fingerprint density at radius 1 is 1.39 bits per heavy atom. The van der Waals surface area contributed by atoms with E-state index in [0.717, 1.165) is 11.6 Å². The molecule has 0 saturated heterocycles. The largest absolute Gasteiger partial charge is 0.465 e. The third-order valence-electron chi connectivity index (χ3n) is 3.10. The number of pyridine rings is 1. The number of esters is 1. The molecule has 0 saturated carbocycles. The first-order chi connectivity index (χ1) is 11.0. The summed E-state index contributed by atoms with van der Waals surface area (Å²) in [7, 11) is 1.18. The van der Waals surface area contributed by atoms with Crippen molar-refractivity contribution in [2.24, 2.45) is 0 Å². The lowest BCUT2D eigenvalue weighted by atomic mass is 10.1. The molecule has 0 aliphatic carbocycles. The third-order valence-corrected chi connectivity index (χ3v) is 3.10. The van der Waals surface area contributed by atoms with E-state index in [1.807, 2.05) is 0 Å². The second-order valence-corrected chi connectivity index (χ2v) is 4.64. The number of nitrogens with one attached hydrogen (secondary N) is 1. The number of rotatable bonds is 6. The van der Waals surface area contributed by atoms with Crippen LogP contribution in [-0.2, 0) is 11.2 Å². The normalized spacial score (nSPS) is 10.2. The SMILES string of the molecule is COC(=O)c1cnc(NCCc2ccc(F)cc2)c([N+](=O)[O-])c1. The summed E-state index contributed by atoms with van der Waals surface area (Å²) in [5, 5.41) is 13.9. The topological polar surface area (TPSA) is 94.4 Å². The Labute approximate surface area is 131 Å². The Balaban J connectivity index is 2.08. The minimum atomic E-state index is -0.696. The number of benzene rings is 1. The zero-order valence-corrected chi connectivity index (χ0v) is 12.3. The number of carbonyl (C=O) groups is 1. The number of anilines is 1. The molecule has 0 spiro atoms. The van der Waals surface area contributed by atoms with Crippen LogP contribution in [-0.4, -0.2) is 29.5 Å². The maximum absolute atomic E-state index is 12.8. The third kappa shape index (κ3) is 4.22. The molecule has 0 amide bonds. The summed E-state index contributed by atoms with van der Waals surface area (Å²) in [5.74, 6) is -0.958. The van der Waals surface area contributed by atoms with Crippen molar-refractivity contribution in [2.45, 2.75) is 6.42 Å². The zero-order valence-electron chi connectivity index (χ0n) is 12.3. The fourth-order valence-electron chi connectivity index (χ4n) is 1.93. The van der Waals surface area contributed by atoms with Crippen LogP contribution in [0.4, 0.5) is 15.9 Å². The van der Waals surface area contributed by atoms with Gasteiger partial charge in [-0.2, -0.15) is 0 Å². The van der Waals surface area contributed by atoms with E-state index < -0.39 is 10.9 Å². The molecule has 1 heterocycles. The number of hydrogen-bond acceptors (Lipinski definition) is 6. The van der Waals surface area contributed by atoms with Crippen molar-refractivity contribution >= 4 is 17.5 Å². The molecule has 0 fully saturated rings. The molecular weight excluding hydrogens is 305 g/mol. The summed E-state index contributed by atoms with van der Waals surface area (Å²) in [6.07, 6.45) is 1.75. The molecule has 0 aliphatic heterocycles. The smallest absolute Gasteiger partial charge is 0.339 e. The number of nitrogens with zero attached hydrogens (tertiary/aromatic N) is 2. The molecule has 0 atom stereocenters. The first-order valence-corrected chi connectivity index (χ1v) is 6.72. The van der Waals surface area contributed by atoms with E-state index in [1.165, 1.54) is 25.4 Å². The quantitative estimate of drug-likeness (QED) is 0.499. The van der Waals surface area contributed by atoms with Crippen LogP contribution >= 0.6 is 0 Å². The second-order valence-electron chi connectivity index (χ2n) is 4.64. The lowest BCUT2D eigenvalue weighted by Gasteiger charge is -2.07. The van der Waals surface area contributed by atoms with Gasteiger partial charge in [0.1, 0.15) is 5.82 Å². The standard InChI is InChI=1S/C15H14FN3O4/c1-23-15(20)11-8-13(19(21)22)14(18-9-11)17-7-6-10-2-4-12(16)5-3-10/h2-5,8-9H,6-7H2,1H3,(H,17,18). The second kappa shape index (κ2) is 7.30. The minimum absolute atomic E-state index is 0.00304. The number of methoxy groups -OCH3 is 1. The van der Waals surface area contributed by atoms with Crippen LogP contribution in [0.1, 0.15) is 15.9 Å². The molecule has 1 aromatic heterocycles. The van der Waals surface area contributed by atoms with Crippen molar-refractivity contribution in [3.05, 3.63) is 63.6 Å². The molecule has 1 aromatic carbocycles. The molecule has 1 N–H and O–H groups in total. The highest BCUT2D eigenvalue weighted by Crippen LogP contribution is 2.23. The number of nitro groups is 1. The van der Waals surface area contributed by atoms with Gasteiger partial charge in [-0.3, -0.25) is 10.1 Å². The Hall–Kier alpha value is -3.03. The van der Waals surface area contributed by atoms with Crippen molar-refractivity contribution in [3.63, 3.8) is 0 Å². The molecule has 0 unspecified atom stereocenters. The average Bonchev–Trinajstić information content (AvgIpc) is 2.56. The van der Waals surface area contributed by atoms with Crippen LogP contribution in [0.2, 0.25) is 0 Å². The monoisotopic (exact) mass is 319 g/mol. The van der Waals surface area contributed by atoms with Crippen LogP contribution in [0.25, 0.3) is 0 Å². The predicted octanol–water partition coefficient (Wildman–Crippen LogP) is 2.57. The van der Waals surface area contributed by atoms with Gasteiger partial charge in [0, 0.05) is 18.8 Å². The maximum Gasteiger partial charge on any atom is 0.339 e. The summed E-state index contributed by atoms with van der Waals surface area (Å²) in [4.78, 5) is 25.8. The lowest BCUT2D eigenvalue weighted by molar-refractivity contribution is -0.384. The summed E-state index contributed by atoms with van der Waals surface area (Å²) in [6.45, 7) is 0.372. The Morgan fingerprint density at radius 2 is 2.09 bits per heavy atom. The van der Waals surface area contributed by atoms with E-state index in [1.54, 1.807) is 12.1 Å². The van der Waals surface area contributed by atoms with Crippen LogP contribution in [0, 0.1) is 15.9 Å². The molecule has 2 aromatic rings. The molecule has 0 radical (unpaired) electrons. The van der Waals surface area contributed by atoms with E-state index >= 15 is 0 Å². The van der Waals surface area contributed by atoms with Gasteiger partial charge in [0.25, 0.3) is 0 Å². The summed E-state index contributed by atoms with van der Waals surface area (Å²) < 4.78 is 17.3. The summed E-state index contributed by atoms with van der Waals surface area (Å²) in [5.41, 5.74) is 0.572. The molecular formula is C15H14FN3O4. The highest BCUT2D eigenvalue weighted by atomic mass is 19.1. The van der Waals surface area contributed by atoms with Crippen LogP contribution < -0.4 is 5.32 Å². The van der Waals surface area contributed by atoms with Gasteiger partial charge >= 0.3 is 11.7 Å². The van der Waals surface area contributed by atoms with Crippen molar-refractivity contribution in [2.75, 3.05) is 19.0 Å². The molecule has 0 bridgehead atoms. The van der Waals surface area contributed by atoms with Gasteiger partial charge in [0.15, 0.2) is 0 Å². The van der Waals surface area contributed by atoms with E-state index in [2.05, 4.69) is 15.0 Å². The highest BCUT2D eigenvalue weighted by molar-refractivity contribution is 5.90. The molecule has 0 aliphatic rings. The van der Waals surface area contributed by atoms with E-state index in [-0.39, 0.29) is 22.9 Å². The summed E-state index contributed by atoms with van der Waals surface area (Å²) >= 11 is 0. The average molecular weight is 319 g/mol. The fraction of sp³-hybridized carbons (Fsp3) is 0.200. The molecule has 23 heavy (non-hydrogen) atoms. The number of aromatic nitrogens is 1. The van der Waals surface area contributed by atoms with Gasteiger partial charge in [-0.05, 0) is 24.1 Å². The van der Waals surface area contributed by atoms with Crippen molar-refractivity contribution in [1.29, 1.82) is 0 Å². The van der Waals surface area contributed by atoms with Crippen molar-refractivity contribution in [1.82, 2.24) is 4.98 Å². The van der Waals surface area contributed by atoms with Crippen molar-refractivity contribution < 1.29 is 18.8 Å². The van der Waals surface area contributed by atoms with Crippen LogP contribution in [0.15, 0.2) is 36.5 Å². The van der Waals surface area contributed by atoms with E-state index in [9.17, 15) is 19.3 Å². The van der Waals surface area contributed by atoms with Crippen LogP contribution in [0.5, 0.6) is 0 Å². The van der Waals surface area contributed by atoms with E-state index in [4.69, 9.17) is 0 Å². The minimum Gasteiger partial charge on any atom is -0.465 e. The fourth-order valence-corrected chi connectivity index (χ4v) is 1.93. The first kappa shape index (κ1) is 16.3. The summed E-state index contributed by atoms with van der Waals surface area (Å²) in [6, 6.07) is 7.08. The predicted molar refractivity (Wildman–Crippen MR) is 80.8 cm³/mol. The molecule has 7 nitrogen and oxygen atoms in total. The number of halogens is 1. The van der Waals surface area contributed by atoms with Crippen molar-refractivity contribution in [3.8, 4) is 0 Å². The molecule has 8 heteroatoms. The van der Waals surface area contributed by atoms with Gasteiger partial charge in [-0.25, -0.2) is 14.2 Å². The van der Waals surface area contributed by atoms with Gasteiger partial charge < -0.3 is 10.1 Å². The number of carbonyl (C=O) groups excluding carboxylic acids is 1. The Kier molecular flexibility index (Phi) is 5.19. The molecule has 2 rings (SSSR count). The highest BCUT2D eigenvalue weighted by Gasteiger charge is 2.19. The maximum atomic E-state index is 12.8. The zero-order chi connectivity index (χ0) is 16.8.